The third kappa shape index (κ3) is 1.95. The Hall–Kier alpha value is -1.08. The molecular weight excluding hydrogens is 170 g/mol. The summed E-state index contributed by atoms with van der Waals surface area (Å²) < 4.78 is 0. The normalized spacial score (nSPS) is 10.5. The van der Waals surface area contributed by atoms with Gasteiger partial charge in [0.15, 0.2) is 0 Å². The average molecular weight is 180 g/mol. The lowest BCUT2D eigenvalue weighted by Gasteiger charge is -1.99. The van der Waals surface area contributed by atoms with Gasteiger partial charge in [0, 0.05) is 11.8 Å². The molecule has 0 aliphatic carbocycles. The van der Waals surface area contributed by atoms with Crippen LogP contribution in [0.2, 0.25) is 5.02 Å². The predicted molar refractivity (Wildman–Crippen MR) is 54.0 cm³/mol. The summed E-state index contributed by atoms with van der Waals surface area (Å²) in [5.74, 6) is 0. The van der Waals surface area contributed by atoms with Crippen molar-refractivity contribution in [2.24, 2.45) is 0 Å². The monoisotopic (exact) mass is 179 g/mol. The van der Waals surface area contributed by atoms with Gasteiger partial charge in [-0.05, 0) is 19.1 Å². The first kappa shape index (κ1) is 9.01. The van der Waals surface area contributed by atoms with Gasteiger partial charge in [0.05, 0.1) is 10.7 Å². The van der Waals surface area contributed by atoms with Gasteiger partial charge in [-0.3, -0.25) is 4.98 Å². The average Bonchev–Trinajstić information content (AvgIpc) is 2.05. The van der Waals surface area contributed by atoms with Crippen LogP contribution >= 0.6 is 11.6 Å². The highest BCUT2D eigenvalue weighted by molar-refractivity contribution is 6.30. The van der Waals surface area contributed by atoms with Gasteiger partial charge in [0.2, 0.25) is 0 Å². The number of pyridine rings is 1. The van der Waals surface area contributed by atoms with Gasteiger partial charge < -0.3 is 0 Å². The van der Waals surface area contributed by atoms with Crippen LogP contribution in [0.4, 0.5) is 0 Å². The standard InChI is InChI=1S/C10H10ClN/c1-3-5-8-6-9(11)7-12-10(8)4-2/h3-7H,2H2,1H3/b5-3-. The second-order valence-electron chi connectivity index (χ2n) is 2.33. The number of aromatic nitrogens is 1. The van der Waals surface area contributed by atoms with Crippen LogP contribution in [0.5, 0.6) is 0 Å². The van der Waals surface area contributed by atoms with Crippen LogP contribution in [0, 0.1) is 0 Å². The highest BCUT2D eigenvalue weighted by Crippen LogP contribution is 2.15. The van der Waals surface area contributed by atoms with Gasteiger partial charge in [-0.2, -0.15) is 0 Å². The zero-order chi connectivity index (χ0) is 8.97. The summed E-state index contributed by atoms with van der Waals surface area (Å²) in [6.07, 6.45) is 7.23. The van der Waals surface area contributed by atoms with E-state index in [9.17, 15) is 0 Å². The van der Waals surface area contributed by atoms with E-state index in [0.29, 0.717) is 5.02 Å². The topological polar surface area (TPSA) is 12.9 Å². The van der Waals surface area contributed by atoms with Crippen LogP contribution < -0.4 is 0 Å². The van der Waals surface area contributed by atoms with Crippen LogP contribution in [-0.4, -0.2) is 4.98 Å². The number of allylic oxidation sites excluding steroid dienone is 1. The fourth-order valence-corrected chi connectivity index (χ4v) is 1.12. The molecule has 0 aliphatic rings. The van der Waals surface area contributed by atoms with Gasteiger partial charge in [-0.25, -0.2) is 0 Å². The second kappa shape index (κ2) is 4.07. The van der Waals surface area contributed by atoms with Crippen LogP contribution in [0.25, 0.3) is 12.2 Å². The summed E-state index contributed by atoms with van der Waals surface area (Å²) in [6.45, 7) is 5.62. The number of hydrogen-bond acceptors (Lipinski definition) is 1. The van der Waals surface area contributed by atoms with E-state index in [-0.39, 0.29) is 0 Å². The molecule has 0 aliphatic heterocycles. The Morgan fingerprint density at radius 2 is 2.33 bits per heavy atom. The van der Waals surface area contributed by atoms with Crippen LogP contribution in [0.15, 0.2) is 24.9 Å². The van der Waals surface area contributed by atoms with Crippen molar-refractivity contribution >= 4 is 23.8 Å². The summed E-state index contributed by atoms with van der Waals surface area (Å²) in [5.41, 5.74) is 1.86. The fourth-order valence-electron chi connectivity index (χ4n) is 0.949. The molecule has 0 saturated carbocycles. The van der Waals surface area contributed by atoms with E-state index in [2.05, 4.69) is 11.6 Å². The molecule has 12 heavy (non-hydrogen) atoms. The minimum atomic E-state index is 0.647. The molecule has 62 valence electrons. The molecular formula is C10H10ClN. The third-order valence-electron chi connectivity index (χ3n) is 1.46. The quantitative estimate of drug-likeness (QED) is 0.678. The lowest BCUT2D eigenvalue weighted by atomic mass is 10.2. The highest BCUT2D eigenvalue weighted by atomic mass is 35.5. The van der Waals surface area contributed by atoms with E-state index >= 15 is 0 Å². The summed E-state index contributed by atoms with van der Waals surface area (Å²) in [6, 6.07) is 1.87. The number of nitrogens with zero attached hydrogens (tertiary/aromatic N) is 1. The van der Waals surface area contributed by atoms with Crippen molar-refractivity contribution in [2.45, 2.75) is 6.92 Å². The Balaban J connectivity index is 3.20. The molecule has 0 bridgehead atoms. The van der Waals surface area contributed by atoms with Crippen molar-refractivity contribution in [2.75, 3.05) is 0 Å². The van der Waals surface area contributed by atoms with Gasteiger partial charge in [0.1, 0.15) is 0 Å². The van der Waals surface area contributed by atoms with Gasteiger partial charge in [-0.15, -0.1) is 0 Å². The van der Waals surface area contributed by atoms with Crippen LogP contribution in [-0.2, 0) is 0 Å². The smallest absolute Gasteiger partial charge is 0.0697 e. The zero-order valence-corrected chi connectivity index (χ0v) is 7.67. The molecule has 2 heteroatoms. The SMILES string of the molecule is C=Cc1ncc(Cl)cc1/C=C\C. The number of halogens is 1. The minimum Gasteiger partial charge on any atom is -0.255 e. The molecule has 0 unspecified atom stereocenters. The van der Waals surface area contributed by atoms with E-state index in [1.807, 2.05) is 25.1 Å². The van der Waals surface area contributed by atoms with Crippen LogP contribution in [0.3, 0.4) is 0 Å². The Morgan fingerprint density at radius 3 is 2.92 bits per heavy atom. The molecule has 0 N–H and O–H groups in total. The highest BCUT2D eigenvalue weighted by Gasteiger charge is 1.96. The molecule has 1 aromatic heterocycles. The minimum absolute atomic E-state index is 0.647. The molecule has 1 heterocycles. The van der Waals surface area contributed by atoms with Crippen molar-refractivity contribution < 1.29 is 0 Å². The molecule has 0 atom stereocenters. The van der Waals surface area contributed by atoms with E-state index < -0.39 is 0 Å². The summed E-state index contributed by atoms with van der Waals surface area (Å²) in [7, 11) is 0. The first-order valence-corrected chi connectivity index (χ1v) is 4.06. The van der Waals surface area contributed by atoms with Crippen molar-refractivity contribution in [1.29, 1.82) is 0 Å². The first-order chi connectivity index (χ1) is 5.77. The lowest BCUT2D eigenvalue weighted by Crippen LogP contribution is -1.85. The van der Waals surface area contributed by atoms with E-state index in [0.717, 1.165) is 11.3 Å². The maximum Gasteiger partial charge on any atom is 0.0697 e. The summed E-state index contributed by atoms with van der Waals surface area (Å²) >= 11 is 5.78. The Kier molecular flexibility index (Phi) is 3.06. The summed E-state index contributed by atoms with van der Waals surface area (Å²) in [4.78, 5) is 4.11. The van der Waals surface area contributed by atoms with Gasteiger partial charge >= 0.3 is 0 Å². The molecule has 0 saturated heterocycles. The van der Waals surface area contributed by atoms with E-state index in [1.165, 1.54) is 0 Å². The van der Waals surface area contributed by atoms with Gasteiger partial charge in [-0.1, -0.05) is 30.3 Å². The molecule has 1 aromatic rings. The third-order valence-corrected chi connectivity index (χ3v) is 1.66. The van der Waals surface area contributed by atoms with Crippen molar-refractivity contribution in [1.82, 2.24) is 4.98 Å². The molecule has 0 radical (unpaired) electrons. The van der Waals surface area contributed by atoms with Crippen molar-refractivity contribution in [3.8, 4) is 0 Å². The Labute approximate surface area is 77.4 Å². The fraction of sp³-hybridized carbons (Fsp3) is 0.100. The van der Waals surface area contributed by atoms with E-state index in [1.54, 1.807) is 12.3 Å². The maximum absolute atomic E-state index is 5.78. The number of hydrogen-bond donors (Lipinski definition) is 0. The lowest BCUT2D eigenvalue weighted by molar-refractivity contribution is 1.28. The maximum atomic E-state index is 5.78. The summed E-state index contributed by atoms with van der Waals surface area (Å²) in [5, 5.41) is 0.647. The first-order valence-electron chi connectivity index (χ1n) is 3.68. The molecule has 0 fully saturated rings. The van der Waals surface area contributed by atoms with Crippen LogP contribution in [0.1, 0.15) is 18.2 Å². The molecule has 1 rings (SSSR count). The Morgan fingerprint density at radius 1 is 1.58 bits per heavy atom. The van der Waals surface area contributed by atoms with E-state index in [4.69, 9.17) is 11.6 Å². The molecule has 0 spiro atoms. The van der Waals surface area contributed by atoms with Crippen molar-refractivity contribution in [3.63, 3.8) is 0 Å². The molecule has 1 nitrogen and oxygen atoms in total. The largest absolute Gasteiger partial charge is 0.255 e. The molecule has 0 aromatic carbocycles. The van der Waals surface area contributed by atoms with Crippen molar-refractivity contribution in [3.05, 3.63) is 41.2 Å². The molecule has 0 amide bonds. The van der Waals surface area contributed by atoms with Gasteiger partial charge in [0.25, 0.3) is 0 Å². The Bertz CT molecular complexity index is 316. The predicted octanol–water partition coefficient (Wildman–Crippen LogP) is 3.41. The second-order valence-corrected chi connectivity index (χ2v) is 2.77. The number of rotatable bonds is 2. The zero-order valence-electron chi connectivity index (χ0n) is 6.92.